The van der Waals surface area contributed by atoms with E-state index < -0.39 is 0 Å². The van der Waals surface area contributed by atoms with Gasteiger partial charge in [0.05, 0.1) is 13.0 Å². The Morgan fingerprint density at radius 3 is 2.19 bits per heavy atom. The first-order chi connectivity index (χ1) is 9.85. The highest BCUT2D eigenvalue weighted by atomic mass is 16.4. The predicted molar refractivity (Wildman–Crippen MR) is 79.0 cm³/mol. The smallest absolute Gasteiger partial charge is 0.241 e. The second-order valence-electron chi connectivity index (χ2n) is 4.90. The van der Waals surface area contributed by atoms with Crippen molar-refractivity contribution in [2.45, 2.75) is 6.42 Å². The topological polar surface area (TPSA) is 99.2 Å². The molecule has 7 heteroatoms. The largest absolute Gasteiger partial charge is 0.409 e. The van der Waals surface area contributed by atoms with E-state index in [1.165, 1.54) is 9.80 Å². The van der Waals surface area contributed by atoms with Gasteiger partial charge in [0.15, 0.2) is 5.84 Å². The zero-order valence-corrected chi connectivity index (χ0v) is 12.4. The molecule has 7 nitrogen and oxygen atoms in total. The monoisotopic (exact) mass is 292 g/mol. The van der Waals surface area contributed by atoms with E-state index in [0.717, 1.165) is 5.56 Å². The van der Waals surface area contributed by atoms with Gasteiger partial charge in [-0.25, -0.2) is 0 Å². The molecule has 1 aromatic carbocycles. The highest BCUT2D eigenvalue weighted by Crippen LogP contribution is 2.06. The Morgan fingerprint density at radius 1 is 1.14 bits per heavy atom. The van der Waals surface area contributed by atoms with Gasteiger partial charge in [0, 0.05) is 26.7 Å². The number of oxime groups is 1. The van der Waals surface area contributed by atoms with Gasteiger partial charge >= 0.3 is 0 Å². The van der Waals surface area contributed by atoms with Gasteiger partial charge in [-0.05, 0) is 5.56 Å². The fourth-order valence-corrected chi connectivity index (χ4v) is 1.59. The molecule has 0 aliphatic rings. The maximum Gasteiger partial charge on any atom is 0.241 e. The lowest BCUT2D eigenvalue weighted by Crippen LogP contribution is -2.38. The lowest BCUT2D eigenvalue weighted by atomic mass is 10.1. The lowest BCUT2D eigenvalue weighted by molar-refractivity contribution is -0.137. The van der Waals surface area contributed by atoms with Crippen LogP contribution in [0, 0.1) is 0 Å². The third kappa shape index (κ3) is 4.79. The van der Waals surface area contributed by atoms with Crippen molar-refractivity contribution in [2.75, 3.05) is 27.7 Å². The Bertz CT molecular complexity index is 538. The number of likely N-dealkylation sites (N-methyl/N-ethyl adjacent to an activating group) is 2. The van der Waals surface area contributed by atoms with Crippen molar-refractivity contribution in [1.82, 2.24) is 9.80 Å². The molecule has 21 heavy (non-hydrogen) atoms. The van der Waals surface area contributed by atoms with Crippen LogP contribution in [-0.2, 0) is 16.0 Å². The van der Waals surface area contributed by atoms with Gasteiger partial charge in [-0.1, -0.05) is 29.4 Å². The van der Waals surface area contributed by atoms with Crippen molar-refractivity contribution in [1.29, 1.82) is 0 Å². The van der Waals surface area contributed by atoms with Crippen LogP contribution in [0.15, 0.2) is 29.4 Å². The van der Waals surface area contributed by atoms with Crippen molar-refractivity contribution >= 4 is 17.6 Å². The van der Waals surface area contributed by atoms with Crippen molar-refractivity contribution in [3.05, 3.63) is 35.4 Å². The van der Waals surface area contributed by atoms with Crippen LogP contribution in [0.25, 0.3) is 0 Å². The van der Waals surface area contributed by atoms with Crippen LogP contribution >= 0.6 is 0 Å². The minimum absolute atomic E-state index is 0.0153. The van der Waals surface area contributed by atoms with Gasteiger partial charge in [-0.2, -0.15) is 0 Å². The van der Waals surface area contributed by atoms with E-state index >= 15 is 0 Å². The third-order valence-corrected chi connectivity index (χ3v) is 3.01. The van der Waals surface area contributed by atoms with E-state index in [2.05, 4.69) is 5.16 Å². The predicted octanol–water partition coefficient (Wildman–Crippen LogP) is -0.130. The molecule has 0 radical (unpaired) electrons. The Balaban J connectivity index is 2.64. The average molecular weight is 292 g/mol. The molecule has 0 fully saturated rings. The van der Waals surface area contributed by atoms with Crippen LogP contribution in [0.4, 0.5) is 0 Å². The summed E-state index contributed by atoms with van der Waals surface area (Å²) < 4.78 is 0. The number of benzene rings is 1. The number of hydrogen-bond donors (Lipinski definition) is 2. The summed E-state index contributed by atoms with van der Waals surface area (Å²) in [6.45, 7) is 0.0496. The van der Waals surface area contributed by atoms with Crippen LogP contribution in [0.2, 0.25) is 0 Å². The van der Waals surface area contributed by atoms with E-state index in [9.17, 15) is 9.59 Å². The van der Waals surface area contributed by atoms with E-state index in [0.29, 0.717) is 5.56 Å². The molecule has 2 amide bonds. The minimum Gasteiger partial charge on any atom is -0.409 e. The zero-order valence-electron chi connectivity index (χ0n) is 12.4. The number of hydrogen-bond acceptors (Lipinski definition) is 4. The molecule has 3 N–H and O–H groups in total. The summed E-state index contributed by atoms with van der Waals surface area (Å²) in [5.74, 6) is -0.267. The normalized spacial score (nSPS) is 11.1. The molecule has 1 rings (SSSR count). The fourth-order valence-electron chi connectivity index (χ4n) is 1.59. The summed E-state index contributed by atoms with van der Waals surface area (Å²) >= 11 is 0. The molecular weight excluding hydrogens is 272 g/mol. The van der Waals surface area contributed by atoms with E-state index in [-0.39, 0.29) is 30.6 Å². The number of nitrogens with two attached hydrogens (primary N) is 1. The summed E-state index contributed by atoms with van der Waals surface area (Å²) in [6, 6.07) is 6.80. The van der Waals surface area contributed by atoms with Crippen LogP contribution in [0.1, 0.15) is 11.1 Å². The zero-order chi connectivity index (χ0) is 16.0. The second-order valence-corrected chi connectivity index (χ2v) is 4.90. The van der Waals surface area contributed by atoms with Gasteiger partial charge in [-0.3, -0.25) is 9.59 Å². The molecule has 0 bridgehead atoms. The highest BCUT2D eigenvalue weighted by molar-refractivity contribution is 5.97. The van der Waals surface area contributed by atoms with Crippen molar-refractivity contribution in [3.63, 3.8) is 0 Å². The van der Waals surface area contributed by atoms with Gasteiger partial charge in [0.25, 0.3) is 0 Å². The van der Waals surface area contributed by atoms with Crippen LogP contribution in [0.5, 0.6) is 0 Å². The number of amidine groups is 1. The molecule has 0 unspecified atom stereocenters. The first kappa shape index (κ1) is 16.5. The number of amides is 2. The summed E-state index contributed by atoms with van der Waals surface area (Å²) in [5.41, 5.74) is 6.82. The Labute approximate surface area is 123 Å². The Kier molecular flexibility index (Phi) is 5.71. The first-order valence-electron chi connectivity index (χ1n) is 6.36. The van der Waals surface area contributed by atoms with Crippen LogP contribution < -0.4 is 5.73 Å². The van der Waals surface area contributed by atoms with Crippen LogP contribution in [-0.4, -0.2) is 60.3 Å². The van der Waals surface area contributed by atoms with Gasteiger partial charge in [0.2, 0.25) is 11.8 Å². The molecule has 0 heterocycles. The first-order valence-corrected chi connectivity index (χ1v) is 6.36. The number of carbonyl (C=O) groups excluding carboxylic acids is 2. The molecule has 0 aliphatic carbocycles. The highest BCUT2D eigenvalue weighted by Gasteiger charge is 2.14. The summed E-state index contributed by atoms with van der Waals surface area (Å²) in [4.78, 5) is 26.4. The second kappa shape index (κ2) is 7.28. The SMILES string of the molecule is CN(C)C(=O)CN(C)C(=O)Cc1ccc(C(N)=NO)cc1. The molecule has 0 atom stereocenters. The van der Waals surface area contributed by atoms with Crippen molar-refractivity contribution in [2.24, 2.45) is 10.9 Å². The van der Waals surface area contributed by atoms with E-state index in [4.69, 9.17) is 10.9 Å². The molecule has 0 aliphatic heterocycles. The third-order valence-electron chi connectivity index (χ3n) is 3.01. The van der Waals surface area contributed by atoms with E-state index in [1.54, 1.807) is 45.4 Å². The summed E-state index contributed by atoms with van der Waals surface area (Å²) in [5, 5.41) is 11.5. The van der Waals surface area contributed by atoms with Gasteiger partial charge in [-0.15, -0.1) is 0 Å². The van der Waals surface area contributed by atoms with Crippen LogP contribution in [0.3, 0.4) is 0 Å². The van der Waals surface area contributed by atoms with Gasteiger partial charge in [0.1, 0.15) is 0 Å². The lowest BCUT2D eigenvalue weighted by Gasteiger charge is -2.19. The molecule has 0 saturated carbocycles. The minimum atomic E-state index is -0.151. The van der Waals surface area contributed by atoms with Gasteiger partial charge < -0.3 is 20.7 Å². The number of rotatable bonds is 5. The Morgan fingerprint density at radius 2 is 1.71 bits per heavy atom. The van der Waals surface area contributed by atoms with E-state index in [1.807, 2.05) is 0 Å². The molecule has 0 saturated heterocycles. The number of nitrogens with zero attached hydrogens (tertiary/aromatic N) is 3. The summed E-state index contributed by atoms with van der Waals surface area (Å²) in [6.07, 6.45) is 0.188. The van der Waals surface area contributed by atoms with Crippen molar-refractivity contribution in [3.8, 4) is 0 Å². The van der Waals surface area contributed by atoms with Crippen molar-refractivity contribution < 1.29 is 14.8 Å². The Hall–Kier alpha value is -2.57. The average Bonchev–Trinajstić information content (AvgIpc) is 2.46. The summed E-state index contributed by atoms with van der Waals surface area (Å²) in [7, 11) is 4.88. The number of carbonyl (C=O) groups is 2. The quantitative estimate of drug-likeness (QED) is 0.342. The molecule has 0 aromatic heterocycles. The molecule has 114 valence electrons. The molecular formula is C14H20N4O3. The molecule has 0 spiro atoms. The maximum absolute atomic E-state index is 12.0. The molecule has 1 aromatic rings. The maximum atomic E-state index is 12.0. The standard InChI is InChI=1S/C14H20N4O3/c1-17(2)13(20)9-18(3)12(19)8-10-4-6-11(7-5-10)14(15)16-21/h4-7,21H,8-9H2,1-3H3,(H2,15,16). The fraction of sp³-hybridized carbons (Fsp3) is 0.357.